The third-order valence-electron chi connectivity index (χ3n) is 4.06. The van der Waals surface area contributed by atoms with E-state index in [1.54, 1.807) is 11.3 Å². The number of hydrogen-bond acceptors (Lipinski definition) is 4. The standard InChI is InChI=1S/C15H21N3OS/c1-10-14(11(2)18(3)17-10)15-13(6-7-19-15)16-9-12-5-4-8-20-12/h4-5,8,13,15-16H,6-7,9H2,1-3H3/t13-,15-/m0/s1. The number of rotatable bonds is 4. The maximum Gasteiger partial charge on any atom is 0.101 e. The van der Waals surface area contributed by atoms with Crippen LogP contribution in [0.2, 0.25) is 0 Å². The lowest BCUT2D eigenvalue weighted by atomic mass is 10.0. The van der Waals surface area contributed by atoms with Crippen molar-refractivity contribution < 1.29 is 4.74 Å². The van der Waals surface area contributed by atoms with Crippen LogP contribution in [0.1, 0.15) is 34.4 Å². The van der Waals surface area contributed by atoms with Gasteiger partial charge in [0.15, 0.2) is 0 Å². The average Bonchev–Trinajstić information content (AvgIpc) is 3.10. The zero-order valence-corrected chi connectivity index (χ0v) is 13.0. The number of hydrogen-bond donors (Lipinski definition) is 1. The molecule has 0 bridgehead atoms. The van der Waals surface area contributed by atoms with E-state index in [0.717, 1.165) is 25.3 Å². The van der Waals surface area contributed by atoms with Gasteiger partial charge in [0.2, 0.25) is 0 Å². The highest BCUT2D eigenvalue weighted by atomic mass is 32.1. The zero-order chi connectivity index (χ0) is 14.1. The van der Waals surface area contributed by atoms with Crippen LogP contribution in [0.5, 0.6) is 0 Å². The maximum atomic E-state index is 5.98. The molecule has 0 aliphatic carbocycles. The van der Waals surface area contributed by atoms with Crippen LogP contribution in [0.3, 0.4) is 0 Å². The molecule has 1 saturated heterocycles. The van der Waals surface area contributed by atoms with Crippen LogP contribution in [0.4, 0.5) is 0 Å². The van der Waals surface area contributed by atoms with Crippen LogP contribution in [-0.4, -0.2) is 22.4 Å². The molecular weight excluding hydrogens is 270 g/mol. The van der Waals surface area contributed by atoms with Crippen LogP contribution in [0.15, 0.2) is 17.5 Å². The van der Waals surface area contributed by atoms with Gasteiger partial charge in [0, 0.05) is 42.4 Å². The summed E-state index contributed by atoms with van der Waals surface area (Å²) in [5, 5.41) is 10.3. The topological polar surface area (TPSA) is 39.1 Å². The van der Waals surface area contributed by atoms with Gasteiger partial charge >= 0.3 is 0 Å². The molecule has 0 radical (unpaired) electrons. The molecule has 1 fully saturated rings. The summed E-state index contributed by atoms with van der Waals surface area (Å²) in [6.45, 7) is 5.93. The van der Waals surface area contributed by atoms with Crippen molar-refractivity contribution >= 4 is 11.3 Å². The smallest absolute Gasteiger partial charge is 0.101 e. The average molecular weight is 291 g/mol. The lowest BCUT2D eigenvalue weighted by Gasteiger charge is -2.20. The van der Waals surface area contributed by atoms with Crippen LogP contribution >= 0.6 is 11.3 Å². The lowest BCUT2D eigenvalue weighted by Crippen LogP contribution is -2.31. The summed E-state index contributed by atoms with van der Waals surface area (Å²) in [5.74, 6) is 0. The molecule has 2 aromatic heterocycles. The van der Waals surface area contributed by atoms with Gasteiger partial charge in [0.1, 0.15) is 6.10 Å². The summed E-state index contributed by atoms with van der Waals surface area (Å²) in [7, 11) is 1.99. The maximum absolute atomic E-state index is 5.98. The minimum absolute atomic E-state index is 0.128. The van der Waals surface area contributed by atoms with E-state index < -0.39 is 0 Å². The first-order chi connectivity index (χ1) is 9.66. The van der Waals surface area contributed by atoms with Gasteiger partial charge in [-0.15, -0.1) is 11.3 Å². The van der Waals surface area contributed by atoms with Gasteiger partial charge in [-0.1, -0.05) is 6.07 Å². The van der Waals surface area contributed by atoms with E-state index in [1.165, 1.54) is 16.1 Å². The molecule has 1 N–H and O–H groups in total. The van der Waals surface area contributed by atoms with Crippen molar-refractivity contribution in [1.29, 1.82) is 0 Å². The molecule has 0 unspecified atom stereocenters. The van der Waals surface area contributed by atoms with E-state index >= 15 is 0 Å². The number of aryl methyl sites for hydroxylation is 2. The Balaban J connectivity index is 1.75. The van der Waals surface area contributed by atoms with Crippen molar-refractivity contribution in [3.8, 4) is 0 Å². The van der Waals surface area contributed by atoms with Gasteiger partial charge in [0.25, 0.3) is 0 Å². The number of thiophene rings is 1. The summed E-state index contributed by atoms with van der Waals surface area (Å²) in [6.07, 6.45) is 1.19. The van der Waals surface area contributed by atoms with Gasteiger partial charge < -0.3 is 10.1 Å². The highest BCUT2D eigenvalue weighted by Crippen LogP contribution is 2.33. The highest BCUT2D eigenvalue weighted by molar-refractivity contribution is 7.09. The second-order valence-corrected chi connectivity index (χ2v) is 6.39. The molecule has 2 atom stereocenters. The van der Waals surface area contributed by atoms with Crippen LogP contribution < -0.4 is 5.32 Å². The van der Waals surface area contributed by atoms with Gasteiger partial charge in [-0.05, 0) is 31.7 Å². The van der Waals surface area contributed by atoms with E-state index in [-0.39, 0.29) is 6.10 Å². The predicted octanol–water partition coefficient (Wildman–Crippen LogP) is 2.72. The van der Waals surface area contributed by atoms with E-state index in [0.29, 0.717) is 6.04 Å². The lowest BCUT2D eigenvalue weighted by molar-refractivity contribution is 0.0975. The quantitative estimate of drug-likeness (QED) is 0.941. The number of ether oxygens (including phenoxy) is 1. The molecule has 5 heteroatoms. The van der Waals surface area contributed by atoms with Crippen LogP contribution in [0, 0.1) is 13.8 Å². The van der Waals surface area contributed by atoms with E-state index in [2.05, 4.69) is 41.8 Å². The van der Waals surface area contributed by atoms with Gasteiger partial charge in [-0.3, -0.25) is 4.68 Å². The predicted molar refractivity (Wildman–Crippen MR) is 80.9 cm³/mol. The van der Waals surface area contributed by atoms with E-state index in [9.17, 15) is 0 Å². The Labute approximate surface area is 123 Å². The minimum atomic E-state index is 0.128. The third-order valence-corrected chi connectivity index (χ3v) is 4.94. The second kappa shape index (κ2) is 5.68. The Hall–Kier alpha value is -1.17. The Bertz CT molecular complexity index is 576. The zero-order valence-electron chi connectivity index (χ0n) is 12.2. The molecule has 3 rings (SSSR count). The minimum Gasteiger partial charge on any atom is -0.372 e. The number of nitrogens with zero attached hydrogens (tertiary/aromatic N) is 2. The van der Waals surface area contributed by atoms with Crippen molar-refractivity contribution in [3.63, 3.8) is 0 Å². The molecule has 1 aliphatic rings. The summed E-state index contributed by atoms with van der Waals surface area (Å²) in [5.41, 5.74) is 3.55. The van der Waals surface area contributed by atoms with E-state index in [4.69, 9.17) is 4.74 Å². The van der Waals surface area contributed by atoms with Crippen molar-refractivity contribution in [2.45, 2.75) is 39.0 Å². The largest absolute Gasteiger partial charge is 0.372 e. The fourth-order valence-corrected chi connectivity index (χ4v) is 3.59. The van der Waals surface area contributed by atoms with Crippen molar-refractivity contribution in [2.75, 3.05) is 6.61 Å². The number of nitrogens with one attached hydrogen (secondary N) is 1. The van der Waals surface area contributed by atoms with Crippen molar-refractivity contribution in [3.05, 3.63) is 39.3 Å². The molecule has 0 saturated carbocycles. The molecule has 4 nitrogen and oxygen atoms in total. The Morgan fingerprint density at radius 2 is 2.35 bits per heavy atom. The molecule has 0 aromatic carbocycles. The fraction of sp³-hybridized carbons (Fsp3) is 0.533. The third kappa shape index (κ3) is 2.53. The highest BCUT2D eigenvalue weighted by Gasteiger charge is 2.33. The molecular formula is C15H21N3OS. The number of aromatic nitrogens is 2. The van der Waals surface area contributed by atoms with Crippen LogP contribution in [-0.2, 0) is 18.3 Å². The first kappa shape index (κ1) is 13.8. The van der Waals surface area contributed by atoms with Gasteiger partial charge in [-0.25, -0.2) is 0 Å². The van der Waals surface area contributed by atoms with Crippen molar-refractivity contribution in [2.24, 2.45) is 7.05 Å². The summed E-state index contributed by atoms with van der Waals surface area (Å²) >= 11 is 1.79. The Kier molecular flexibility index (Phi) is 3.92. The van der Waals surface area contributed by atoms with Crippen molar-refractivity contribution in [1.82, 2.24) is 15.1 Å². The normalized spacial score (nSPS) is 22.6. The monoisotopic (exact) mass is 291 g/mol. The summed E-state index contributed by atoms with van der Waals surface area (Å²) in [4.78, 5) is 1.37. The molecule has 2 aromatic rings. The summed E-state index contributed by atoms with van der Waals surface area (Å²) < 4.78 is 7.93. The molecule has 1 aliphatic heterocycles. The Morgan fingerprint density at radius 1 is 1.50 bits per heavy atom. The molecule has 3 heterocycles. The van der Waals surface area contributed by atoms with Gasteiger partial charge in [-0.2, -0.15) is 5.10 Å². The molecule has 108 valence electrons. The molecule has 0 spiro atoms. The first-order valence-electron chi connectivity index (χ1n) is 7.04. The second-order valence-electron chi connectivity index (χ2n) is 5.35. The van der Waals surface area contributed by atoms with Gasteiger partial charge in [0.05, 0.1) is 5.69 Å². The SMILES string of the molecule is Cc1nn(C)c(C)c1[C@H]1OCC[C@@H]1NCc1cccs1. The van der Waals surface area contributed by atoms with Crippen LogP contribution in [0.25, 0.3) is 0 Å². The Morgan fingerprint density at radius 3 is 3.00 bits per heavy atom. The molecule has 20 heavy (non-hydrogen) atoms. The summed E-state index contributed by atoms with van der Waals surface area (Å²) in [6, 6.07) is 4.64. The first-order valence-corrected chi connectivity index (χ1v) is 7.92. The molecule has 0 amide bonds. The fourth-order valence-electron chi connectivity index (χ4n) is 2.93. The van der Waals surface area contributed by atoms with E-state index in [1.807, 2.05) is 11.7 Å².